The molecule has 23 heavy (non-hydrogen) atoms. The molecule has 7 heteroatoms. The van der Waals surface area contributed by atoms with Crippen molar-refractivity contribution in [2.45, 2.75) is 46.6 Å². The number of nitrogens with one attached hydrogen (secondary N) is 1. The van der Waals surface area contributed by atoms with Crippen LogP contribution >= 0.6 is 24.0 Å². The second kappa shape index (κ2) is 11.1. The molecule has 1 fully saturated rings. The quantitative estimate of drug-likeness (QED) is 0.297. The summed E-state index contributed by atoms with van der Waals surface area (Å²) in [6.45, 7) is 13.8. The van der Waals surface area contributed by atoms with E-state index in [2.05, 4.69) is 15.2 Å². The molecule has 0 bridgehead atoms. The number of esters is 1. The third-order valence-corrected chi connectivity index (χ3v) is 3.26. The molecular formula is C16H32IN3O3. The summed E-state index contributed by atoms with van der Waals surface area (Å²) in [5.41, 5.74) is -0.471. The number of guanidine groups is 1. The summed E-state index contributed by atoms with van der Waals surface area (Å²) in [7, 11) is 0. The Balaban J connectivity index is 0.00000484. The van der Waals surface area contributed by atoms with Gasteiger partial charge in [-0.2, -0.15) is 0 Å². The van der Waals surface area contributed by atoms with Crippen molar-refractivity contribution in [3.63, 3.8) is 0 Å². The Bertz CT molecular complexity index is 383. The molecule has 1 aliphatic rings. The van der Waals surface area contributed by atoms with Crippen LogP contribution in [0, 0.1) is 5.92 Å². The van der Waals surface area contributed by atoms with E-state index in [1.807, 2.05) is 34.6 Å². The van der Waals surface area contributed by atoms with Gasteiger partial charge in [0.05, 0.1) is 6.61 Å². The van der Waals surface area contributed by atoms with Crippen molar-refractivity contribution in [1.29, 1.82) is 0 Å². The molecule has 1 saturated heterocycles. The maximum Gasteiger partial charge on any atom is 0.328 e. The van der Waals surface area contributed by atoms with Crippen LogP contribution in [-0.2, 0) is 14.3 Å². The highest BCUT2D eigenvalue weighted by molar-refractivity contribution is 14.0. The minimum Gasteiger partial charge on any atom is -0.459 e. The van der Waals surface area contributed by atoms with Crippen LogP contribution in [0.25, 0.3) is 0 Å². The Hall–Kier alpha value is -0.570. The Labute approximate surface area is 157 Å². The highest BCUT2D eigenvalue weighted by Gasteiger charge is 2.25. The lowest BCUT2D eigenvalue weighted by Crippen LogP contribution is -2.41. The van der Waals surface area contributed by atoms with Crippen LogP contribution in [-0.4, -0.2) is 61.8 Å². The van der Waals surface area contributed by atoms with E-state index in [9.17, 15) is 4.79 Å². The number of carbonyl (C=O) groups excluding carboxylic acids is 1. The van der Waals surface area contributed by atoms with Gasteiger partial charge in [0.1, 0.15) is 12.1 Å². The van der Waals surface area contributed by atoms with E-state index in [1.165, 1.54) is 0 Å². The van der Waals surface area contributed by atoms with E-state index in [4.69, 9.17) is 9.47 Å². The van der Waals surface area contributed by atoms with Gasteiger partial charge in [0.2, 0.25) is 0 Å². The number of hydrogen-bond donors (Lipinski definition) is 1. The molecule has 0 aromatic rings. The largest absolute Gasteiger partial charge is 0.459 e. The zero-order chi connectivity index (χ0) is 16.6. The Kier molecular flexibility index (Phi) is 10.8. The molecule has 136 valence electrons. The number of ether oxygens (including phenoxy) is 2. The third kappa shape index (κ3) is 9.34. The van der Waals surface area contributed by atoms with Gasteiger partial charge in [-0.1, -0.05) is 0 Å². The van der Waals surface area contributed by atoms with Crippen LogP contribution in [0.2, 0.25) is 0 Å². The smallest absolute Gasteiger partial charge is 0.328 e. The minimum atomic E-state index is -0.471. The van der Waals surface area contributed by atoms with Gasteiger partial charge in [0.15, 0.2) is 5.96 Å². The Morgan fingerprint density at radius 2 is 2.04 bits per heavy atom. The molecule has 1 aliphatic heterocycles. The zero-order valence-corrected chi connectivity index (χ0v) is 17.4. The molecule has 0 radical (unpaired) electrons. The zero-order valence-electron chi connectivity index (χ0n) is 15.1. The number of aliphatic imine (C=N–C) groups is 1. The molecule has 0 aromatic carbocycles. The van der Waals surface area contributed by atoms with Crippen LogP contribution < -0.4 is 5.32 Å². The first-order chi connectivity index (χ1) is 10.4. The lowest BCUT2D eigenvalue weighted by molar-refractivity contribution is -0.152. The van der Waals surface area contributed by atoms with Crippen molar-refractivity contribution in [2.75, 3.05) is 39.4 Å². The van der Waals surface area contributed by atoms with Gasteiger partial charge >= 0.3 is 5.97 Å². The van der Waals surface area contributed by atoms with E-state index >= 15 is 0 Å². The van der Waals surface area contributed by atoms with Gasteiger partial charge in [-0.25, -0.2) is 4.99 Å². The number of halogens is 1. The summed E-state index contributed by atoms with van der Waals surface area (Å²) in [5, 5.41) is 3.25. The first-order valence-corrected chi connectivity index (χ1v) is 8.18. The molecule has 0 amide bonds. The SMILES string of the molecule is CCNC(=NCC(=O)OC(C)(C)C)N1CCC(COCC)C1.I. The maximum absolute atomic E-state index is 11.8. The second-order valence-corrected chi connectivity index (χ2v) is 6.52. The summed E-state index contributed by atoms with van der Waals surface area (Å²) >= 11 is 0. The van der Waals surface area contributed by atoms with E-state index in [0.717, 1.165) is 45.2 Å². The van der Waals surface area contributed by atoms with Gasteiger partial charge in [0.25, 0.3) is 0 Å². The van der Waals surface area contributed by atoms with Crippen molar-refractivity contribution < 1.29 is 14.3 Å². The molecule has 1 unspecified atom stereocenters. The molecule has 1 heterocycles. The monoisotopic (exact) mass is 441 g/mol. The predicted octanol–water partition coefficient (Wildman–Crippen LogP) is 2.27. The molecule has 0 spiro atoms. The maximum atomic E-state index is 11.8. The van der Waals surface area contributed by atoms with E-state index < -0.39 is 5.60 Å². The molecule has 0 aromatic heterocycles. The summed E-state index contributed by atoms with van der Waals surface area (Å²) in [6.07, 6.45) is 1.09. The van der Waals surface area contributed by atoms with Crippen molar-refractivity contribution in [3.8, 4) is 0 Å². The highest BCUT2D eigenvalue weighted by Crippen LogP contribution is 2.16. The standard InChI is InChI=1S/C16H31N3O3.HI/c1-6-17-15(18-10-14(20)22-16(3,4)5)19-9-8-13(11-19)12-21-7-2;/h13H,6-12H2,1-5H3,(H,17,18);1H. The summed E-state index contributed by atoms with van der Waals surface area (Å²) in [5.74, 6) is 1.02. The van der Waals surface area contributed by atoms with Crippen LogP contribution in [0.15, 0.2) is 4.99 Å². The van der Waals surface area contributed by atoms with Crippen LogP contribution in [0.4, 0.5) is 0 Å². The molecule has 1 rings (SSSR count). The van der Waals surface area contributed by atoms with Gasteiger partial charge in [-0.15, -0.1) is 24.0 Å². The highest BCUT2D eigenvalue weighted by atomic mass is 127. The topological polar surface area (TPSA) is 63.2 Å². The van der Waals surface area contributed by atoms with Gasteiger partial charge in [-0.3, -0.25) is 4.79 Å². The summed E-state index contributed by atoms with van der Waals surface area (Å²) < 4.78 is 10.8. The third-order valence-electron chi connectivity index (χ3n) is 3.26. The first-order valence-electron chi connectivity index (χ1n) is 8.18. The molecule has 6 nitrogen and oxygen atoms in total. The number of nitrogens with zero attached hydrogens (tertiary/aromatic N) is 2. The van der Waals surface area contributed by atoms with Crippen LogP contribution in [0.3, 0.4) is 0 Å². The lowest BCUT2D eigenvalue weighted by atomic mass is 10.1. The molecular weight excluding hydrogens is 409 g/mol. The fourth-order valence-corrected chi connectivity index (χ4v) is 2.38. The number of likely N-dealkylation sites (tertiary alicyclic amines) is 1. The van der Waals surface area contributed by atoms with Crippen LogP contribution in [0.1, 0.15) is 41.0 Å². The average molecular weight is 441 g/mol. The van der Waals surface area contributed by atoms with E-state index in [-0.39, 0.29) is 36.5 Å². The summed E-state index contributed by atoms with van der Waals surface area (Å²) in [6, 6.07) is 0. The van der Waals surface area contributed by atoms with Crippen molar-refractivity contribution in [3.05, 3.63) is 0 Å². The van der Waals surface area contributed by atoms with Crippen LogP contribution in [0.5, 0.6) is 0 Å². The average Bonchev–Trinajstić information content (AvgIpc) is 2.88. The molecule has 1 N–H and O–H groups in total. The Morgan fingerprint density at radius 1 is 1.35 bits per heavy atom. The van der Waals surface area contributed by atoms with Gasteiger partial charge in [0, 0.05) is 32.2 Å². The number of hydrogen-bond acceptors (Lipinski definition) is 4. The molecule has 0 aliphatic carbocycles. The Morgan fingerprint density at radius 3 is 2.61 bits per heavy atom. The first kappa shape index (κ1) is 22.4. The molecule has 1 atom stereocenters. The number of carbonyl (C=O) groups is 1. The van der Waals surface area contributed by atoms with E-state index in [0.29, 0.717) is 5.92 Å². The predicted molar refractivity (Wildman–Crippen MR) is 103 cm³/mol. The second-order valence-electron chi connectivity index (χ2n) is 6.52. The van der Waals surface area contributed by atoms with Gasteiger partial charge in [-0.05, 0) is 41.0 Å². The van der Waals surface area contributed by atoms with Crippen molar-refractivity contribution >= 4 is 35.9 Å². The lowest BCUT2D eigenvalue weighted by Gasteiger charge is -2.22. The van der Waals surface area contributed by atoms with Crippen molar-refractivity contribution in [2.24, 2.45) is 10.9 Å². The summed E-state index contributed by atoms with van der Waals surface area (Å²) in [4.78, 5) is 18.4. The fourth-order valence-electron chi connectivity index (χ4n) is 2.38. The normalized spacial score (nSPS) is 18.6. The van der Waals surface area contributed by atoms with Crippen molar-refractivity contribution in [1.82, 2.24) is 10.2 Å². The fraction of sp³-hybridized carbons (Fsp3) is 0.875. The van der Waals surface area contributed by atoms with Gasteiger partial charge < -0.3 is 19.7 Å². The number of rotatable bonds is 6. The van der Waals surface area contributed by atoms with E-state index in [1.54, 1.807) is 0 Å². The molecule has 0 saturated carbocycles. The minimum absolute atomic E-state index is 0.